The number of nitrogens with zero attached hydrogens (tertiary/aromatic N) is 1. The molecule has 1 saturated heterocycles. The Hall–Kier alpha value is -1.75. The van der Waals surface area contributed by atoms with Crippen molar-refractivity contribution in [3.05, 3.63) is 40.4 Å². The van der Waals surface area contributed by atoms with Crippen molar-refractivity contribution in [3.8, 4) is 6.07 Å². The molecule has 1 aromatic rings. The van der Waals surface area contributed by atoms with E-state index in [1.807, 2.05) is 27.7 Å². The van der Waals surface area contributed by atoms with Crippen LogP contribution in [0.2, 0.25) is 0 Å². The zero-order valence-electron chi connectivity index (χ0n) is 14.5. The molecule has 1 aliphatic rings. The zero-order valence-corrected chi connectivity index (χ0v) is 14.5. The summed E-state index contributed by atoms with van der Waals surface area (Å²) in [6.07, 6.45) is 1.50. The molecule has 1 N–H and O–H groups in total. The van der Waals surface area contributed by atoms with Gasteiger partial charge in [-0.2, -0.15) is 5.26 Å². The molecule has 24 heavy (non-hydrogen) atoms. The summed E-state index contributed by atoms with van der Waals surface area (Å²) >= 11 is 0. The number of halogens is 2. The van der Waals surface area contributed by atoms with E-state index in [1.54, 1.807) is 13.1 Å². The Kier molecular flexibility index (Phi) is 5.14. The molecule has 1 fully saturated rings. The third-order valence-corrected chi connectivity index (χ3v) is 4.48. The molecule has 4 nitrogen and oxygen atoms in total. The minimum Gasteiger partial charge on any atom is -0.400 e. The minimum atomic E-state index is -0.761. The number of rotatable bonds is 4. The first-order valence-corrected chi connectivity index (χ1v) is 7.71. The SMILES string of the molecule is CNCC(=Cc1cc(F)c(C#N)cc1F)B1OC(C)(C)C(C)(C)O1. The number of nitriles is 1. The van der Waals surface area contributed by atoms with Crippen LogP contribution in [0.1, 0.15) is 38.8 Å². The van der Waals surface area contributed by atoms with Crippen molar-refractivity contribution < 1.29 is 18.1 Å². The molecule has 0 aliphatic carbocycles. The molecule has 0 bridgehead atoms. The summed E-state index contributed by atoms with van der Waals surface area (Å²) in [7, 11) is 1.08. The van der Waals surface area contributed by atoms with E-state index >= 15 is 0 Å². The first-order chi connectivity index (χ1) is 11.1. The van der Waals surface area contributed by atoms with Crippen molar-refractivity contribution in [2.75, 3.05) is 13.6 Å². The standard InChI is InChI=1S/C17H21BF2N2O2/c1-16(2)17(3,4)24-18(23-16)13(10-22-5)6-11-7-15(20)12(9-21)8-14(11)19/h6-8,22H,10H2,1-5H3. The van der Waals surface area contributed by atoms with Crippen molar-refractivity contribution in [1.82, 2.24) is 5.32 Å². The van der Waals surface area contributed by atoms with E-state index < -0.39 is 30.0 Å². The largest absolute Gasteiger partial charge is 0.491 e. The fraction of sp³-hybridized carbons (Fsp3) is 0.471. The highest BCUT2D eigenvalue weighted by Gasteiger charge is 2.52. The first kappa shape index (κ1) is 18.6. The molecular formula is C17H21BF2N2O2. The van der Waals surface area contributed by atoms with Crippen LogP contribution in [0.4, 0.5) is 8.78 Å². The summed E-state index contributed by atoms with van der Waals surface area (Å²) in [5, 5.41) is 11.7. The van der Waals surface area contributed by atoms with E-state index in [0.29, 0.717) is 12.0 Å². The molecule has 1 aliphatic heterocycles. The Morgan fingerprint density at radius 3 is 2.29 bits per heavy atom. The first-order valence-electron chi connectivity index (χ1n) is 7.71. The second-order valence-corrected chi connectivity index (χ2v) is 6.80. The highest BCUT2D eigenvalue weighted by molar-refractivity contribution is 6.55. The molecule has 1 heterocycles. The molecule has 1 aromatic carbocycles. The van der Waals surface area contributed by atoms with Crippen molar-refractivity contribution >= 4 is 13.2 Å². The highest BCUT2D eigenvalue weighted by Crippen LogP contribution is 2.38. The van der Waals surface area contributed by atoms with Crippen LogP contribution in [0.25, 0.3) is 6.08 Å². The maximum Gasteiger partial charge on any atom is 0.491 e. The normalized spacial score (nSPS) is 19.4. The summed E-state index contributed by atoms with van der Waals surface area (Å²) in [4.78, 5) is 0. The zero-order chi connectivity index (χ0) is 18.1. The molecule has 0 atom stereocenters. The lowest BCUT2D eigenvalue weighted by Crippen LogP contribution is -2.41. The van der Waals surface area contributed by atoms with Crippen molar-refractivity contribution in [2.45, 2.75) is 38.9 Å². The Balaban J connectivity index is 2.41. The van der Waals surface area contributed by atoms with Crippen molar-refractivity contribution in [2.24, 2.45) is 0 Å². The van der Waals surface area contributed by atoms with E-state index in [2.05, 4.69) is 5.32 Å². The Bertz CT molecular complexity index is 695. The fourth-order valence-electron chi connectivity index (χ4n) is 2.36. The maximum atomic E-state index is 14.1. The van der Waals surface area contributed by atoms with E-state index in [1.165, 1.54) is 6.08 Å². The molecule has 0 unspecified atom stereocenters. The lowest BCUT2D eigenvalue weighted by molar-refractivity contribution is 0.00578. The third-order valence-electron chi connectivity index (χ3n) is 4.48. The number of likely N-dealkylation sites (N-methyl/N-ethyl adjacent to an activating group) is 1. The fourth-order valence-corrected chi connectivity index (χ4v) is 2.36. The summed E-state index contributed by atoms with van der Waals surface area (Å²) in [6.45, 7) is 8.08. The van der Waals surface area contributed by atoms with Gasteiger partial charge < -0.3 is 14.6 Å². The lowest BCUT2D eigenvalue weighted by atomic mass is 9.77. The van der Waals surface area contributed by atoms with E-state index in [9.17, 15) is 8.78 Å². The smallest absolute Gasteiger partial charge is 0.400 e. The van der Waals surface area contributed by atoms with Gasteiger partial charge in [0.1, 0.15) is 17.7 Å². The molecule has 2 rings (SSSR count). The van der Waals surface area contributed by atoms with Gasteiger partial charge in [-0.3, -0.25) is 0 Å². The molecule has 128 valence electrons. The number of hydrogen-bond donors (Lipinski definition) is 1. The van der Waals surface area contributed by atoms with Crippen LogP contribution in [0, 0.1) is 23.0 Å². The van der Waals surface area contributed by atoms with Gasteiger partial charge in [0.25, 0.3) is 0 Å². The van der Waals surface area contributed by atoms with Gasteiger partial charge in [0.2, 0.25) is 0 Å². The molecule has 0 radical (unpaired) electrons. The molecule has 0 aromatic heterocycles. The van der Waals surface area contributed by atoms with Gasteiger partial charge in [-0.25, -0.2) is 8.78 Å². The van der Waals surface area contributed by atoms with Gasteiger partial charge in [0, 0.05) is 12.1 Å². The number of benzene rings is 1. The summed E-state index contributed by atoms with van der Waals surface area (Å²) in [6, 6.07) is 3.52. The van der Waals surface area contributed by atoms with Gasteiger partial charge in [0.05, 0.1) is 16.8 Å². The summed E-state index contributed by atoms with van der Waals surface area (Å²) in [5.41, 5.74) is -0.696. The molecule has 7 heteroatoms. The molecule has 0 amide bonds. The Morgan fingerprint density at radius 1 is 1.21 bits per heavy atom. The van der Waals surface area contributed by atoms with Gasteiger partial charge in [-0.05, 0) is 52.3 Å². The maximum absolute atomic E-state index is 14.1. The van der Waals surface area contributed by atoms with Gasteiger partial charge in [-0.15, -0.1) is 0 Å². The molecular weight excluding hydrogens is 313 g/mol. The molecule has 0 spiro atoms. The van der Waals surface area contributed by atoms with Crippen LogP contribution in [0.15, 0.2) is 17.6 Å². The monoisotopic (exact) mass is 334 g/mol. The quantitative estimate of drug-likeness (QED) is 0.860. The van der Waals surface area contributed by atoms with Crippen molar-refractivity contribution in [1.29, 1.82) is 5.26 Å². The average molecular weight is 334 g/mol. The van der Waals surface area contributed by atoms with Crippen LogP contribution in [0.3, 0.4) is 0 Å². The summed E-state index contributed by atoms with van der Waals surface area (Å²) in [5.74, 6) is -1.43. The van der Waals surface area contributed by atoms with E-state index in [0.717, 1.165) is 12.1 Å². The summed E-state index contributed by atoms with van der Waals surface area (Å²) < 4.78 is 39.9. The Labute approximate surface area is 141 Å². The van der Waals surface area contributed by atoms with E-state index in [4.69, 9.17) is 14.6 Å². The molecule has 0 saturated carbocycles. The van der Waals surface area contributed by atoms with Crippen LogP contribution in [0.5, 0.6) is 0 Å². The van der Waals surface area contributed by atoms with Gasteiger partial charge >= 0.3 is 7.12 Å². The minimum absolute atomic E-state index is 0.0477. The highest BCUT2D eigenvalue weighted by atomic mass is 19.1. The lowest BCUT2D eigenvalue weighted by Gasteiger charge is -2.32. The van der Waals surface area contributed by atoms with E-state index in [-0.39, 0.29) is 11.1 Å². The number of nitrogens with one attached hydrogen (secondary N) is 1. The third kappa shape index (κ3) is 3.51. The van der Waals surface area contributed by atoms with Gasteiger partial charge in [-0.1, -0.05) is 6.08 Å². The van der Waals surface area contributed by atoms with Crippen molar-refractivity contribution in [3.63, 3.8) is 0 Å². The second-order valence-electron chi connectivity index (χ2n) is 6.80. The topological polar surface area (TPSA) is 54.3 Å². The predicted molar refractivity (Wildman–Crippen MR) is 89.1 cm³/mol. The van der Waals surface area contributed by atoms with Gasteiger partial charge in [0.15, 0.2) is 0 Å². The van der Waals surface area contributed by atoms with Crippen LogP contribution < -0.4 is 5.32 Å². The Morgan fingerprint density at radius 2 is 1.79 bits per heavy atom. The predicted octanol–water partition coefficient (Wildman–Crippen LogP) is 3.07. The van der Waals surface area contributed by atoms with Crippen LogP contribution in [-0.2, 0) is 9.31 Å². The number of hydrogen-bond acceptors (Lipinski definition) is 4. The van der Waals surface area contributed by atoms with Crippen LogP contribution in [-0.4, -0.2) is 31.9 Å². The second kappa shape index (κ2) is 6.63. The van der Waals surface area contributed by atoms with Crippen LogP contribution >= 0.6 is 0 Å². The average Bonchev–Trinajstić information content (AvgIpc) is 2.70.